The zero-order chi connectivity index (χ0) is 19.1. The Morgan fingerprint density at radius 1 is 1.07 bits per heavy atom. The zero-order valence-electron chi connectivity index (χ0n) is 15.9. The fraction of sp³-hybridized carbons (Fsp3) is 0.350. The molecule has 6 nitrogen and oxygen atoms in total. The maximum Gasteiger partial charge on any atom is 0.240 e. The highest BCUT2D eigenvalue weighted by atomic mass is 127. The highest BCUT2D eigenvalue weighted by Gasteiger charge is 2.25. The molecule has 1 fully saturated rings. The zero-order valence-corrected chi connectivity index (χ0v) is 19.1. The molecule has 0 amide bonds. The first-order valence-corrected chi connectivity index (χ1v) is 10.6. The molecule has 0 bridgehead atoms. The quantitative estimate of drug-likeness (QED) is 0.269. The predicted octanol–water partition coefficient (Wildman–Crippen LogP) is 2.65. The summed E-state index contributed by atoms with van der Waals surface area (Å²) >= 11 is 0. The van der Waals surface area contributed by atoms with Crippen molar-refractivity contribution in [3.05, 3.63) is 66.2 Å². The molecule has 1 saturated heterocycles. The maximum absolute atomic E-state index is 12.2. The van der Waals surface area contributed by atoms with Gasteiger partial charge in [-0.25, -0.2) is 13.1 Å². The molecule has 1 atom stereocenters. The van der Waals surface area contributed by atoms with E-state index in [0.29, 0.717) is 19.0 Å². The minimum Gasteiger partial charge on any atom is -0.355 e. The minimum absolute atomic E-state index is 0. The third-order valence-electron chi connectivity index (χ3n) is 4.72. The maximum atomic E-state index is 12.2. The van der Waals surface area contributed by atoms with Gasteiger partial charge >= 0.3 is 0 Å². The number of benzene rings is 2. The number of aliphatic imine (C=N–C) groups is 1. The molecule has 2 aromatic carbocycles. The summed E-state index contributed by atoms with van der Waals surface area (Å²) in [6, 6.07) is 18.9. The Labute approximate surface area is 184 Å². The molecule has 2 N–H and O–H groups in total. The summed E-state index contributed by atoms with van der Waals surface area (Å²) in [5.41, 5.74) is 1.35. The molecule has 0 radical (unpaired) electrons. The van der Waals surface area contributed by atoms with Gasteiger partial charge in [0.15, 0.2) is 5.96 Å². The van der Waals surface area contributed by atoms with E-state index in [-0.39, 0.29) is 28.9 Å². The lowest BCUT2D eigenvalue weighted by Crippen LogP contribution is -2.43. The average Bonchev–Trinajstić information content (AvgIpc) is 3.19. The van der Waals surface area contributed by atoms with Crippen LogP contribution in [0.4, 0.5) is 0 Å². The van der Waals surface area contributed by atoms with Crippen molar-refractivity contribution in [2.75, 3.05) is 33.2 Å². The summed E-state index contributed by atoms with van der Waals surface area (Å²) in [7, 11) is -1.72. The normalized spacial score (nSPS) is 17.2. The summed E-state index contributed by atoms with van der Waals surface area (Å²) in [5, 5.41) is 3.26. The SMILES string of the molecule is CN=C(NCCNS(=O)(=O)c1ccccc1)N1CCC(c2ccccc2)C1.I. The molecule has 0 spiro atoms. The van der Waals surface area contributed by atoms with Crippen molar-refractivity contribution in [3.63, 3.8) is 0 Å². The van der Waals surface area contributed by atoms with Gasteiger partial charge in [-0.05, 0) is 24.1 Å². The Balaban J connectivity index is 0.00000280. The van der Waals surface area contributed by atoms with Gasteiger partial charge in [-0.3, -0.25) is 4.99 Å². The van der Waals surface area contributed by atoms with Crippen molar-refractivity contribution >= 4 is 40.0 Å². The van der Waals surface area contributed by atoms with E-state index in [2.05, 4.69) is 44.2 Å². The standard InChI is InChI=1S/C20H26N4O2S.HI/c1-21-20(24-15-12-18(16-24)17-8-4-2-5-9-17)22-13-14-23-27(25,26)19-10-6-3-7-11-19;/h2-11,18,23H,12-16H2,1H3,(H,21,22);1H. The van der Waals surface area contributed by atoms with Crippen molar-refractivity contribution in [1.29, 1.82) is 0 Å². The van der Waals surface area contributed by atoms with Gasteiger partial charge in [-0.1, -0.05) is 48.5 Å². The van der Waals surface area contributed by atoms with Crippen LogP contribution in [-0.4, -0.2) is 52.5 Å². The fourth-order valence-electron chi connectivity index (χ4n) is 3.32. The summed E-state index contributed by atoms with van der Waals surface area (Å²) in [5.74, 6) is 1.31. The van der Waals surface area contributed by atoms with E-state index in [9.17, 15) is 8.42 Å². The number of hydrogen-bond donors (Lipinski definition) is 2. The lowest BCUT2D eigenvalue weighted by atomic mass is 9.99. The van der Waals surface area contributed by atoms with E-state index >= 15 is 0 Å². The van der Waals surface area contributed by atoms with E-state index in [1.54, 1.807) is 37.4 Å². The summed E-state index contributed by atoms with van der Waals surface area (Å²) in [4.78, 5) is 6.85. The molecule has 28 heavy (non-hydrogen) atoms. The van der Waals surface area contributed by atoms with Gasteiger partial charge < -0.3 is 10.2 Å². The molecule has 8 heteroatoms. The largest absolute Gasteiger partial charge is 0.355 e. The summed E-state index contributed by atoms with van der Waals surface area (Å²) < 4.78 is 27.1. The molecule has 1 unspecified atom stereocenters. The molecule has 0 saturated carbocycles. The van der Waals surface area contributed by atoms with E-state index < -0.39 is 10.0 Å². The number of halogens is 1. The van der Waals surface area contributed by atoms with E-state index in [0.717, 1.165) is 25.5 Å². The van der Waals surface area contributed by atoms with Crippen molar-refractivity contribution in [1.82, 2.24) is 14.9 Å². The van der Waals surface area contributed by atoms with Crippen LogP contribution < -0.4 is 10.0 Å². The van der Waals surface area contributed by atoms with Crippen LogP contribution in [0.2, 0.25) is 0 Å². The number of nitrogens with one attached hydrogen (secondary N) is 2. The summed E-state index contributed by atoms with van der Waals surface area (Å²) in [6.07, 6.45) is 1.09. The van der Waals surface area contributed by atoms with Crippen LogP contribution in [0, 0.1) is 0 Å². The monoisotopic (exact) mass is 514 g/mol. The molecule has 2 aromatic rings. The Morgan fingerprint density at radius 2 is 1.71 bits per heavy atom. The van der Waals surface area contributed by atoms with Crippen LogP contribution in [0.15, 0.2) is 70.6 Å². The lowest BCUT2D eigenvalue weighted by Gasteiger charge is -2.22. The second-order valence-electron chi connectivity index (χ2n) is 6.53. The van der Waals surface area contributed by atoms with Crippen molar-refractivity contribution in [3.8, 4) is 0 Å². The van der Waals surface area contributed by atoms with Crippen LogP contribution in [0.5, 0.6) is 0 Å². The number of sulfonamides is 1. The number of hydrogen-bond acceptors (Lipinski definition) is 3. The van der Waals surface area contributed by atoms with Crippen molar-refractivity contribution in [2.45, 2.75) is 17.2 Å². The topological polar surface area (TPSA) is 73.8 Å². The predicted molar refractivity (Wildman–Crippen MR) is 124 cm³/mol. The van der Waals surface area contributed by atoms with Crippen molar-refractivity contribution in [2.24, 2.45) is 4.99 Å². The van der Waals surface area contributed by atoms with Gasteiger partial charge in [0.1, 0.15) is 0 Å². The van der Waals surface area contributed by atoms with Crippen LogP contribution >= 0.6 is 24.0 Å². The van der Waals surface area contributed by atoms with Crippen LogP contribution in [0.3, 0.4) is 0 Å². The second kappa shape index (κ2) is 10.8. The summed E-state index contributed by atoms with van der Waals surface area (Å²) in [6.45, 7) is 2.63. The molecular formula is C20H27IN4O2S. The van der Waals surface area contributed by atoms with Crippen LogP contribution in [0.25, 0.3) is 0 Å². The van der Waals surface area contributed by atoms with Crippen LogP contribution in [-0.2, 0) is 10.0 Å². The molecule has 0 aliphatic carbocycles. The Hall–Kier alpha value is -1.65. The second-order valence-corrected chi connectivity index (χ2v) is 8.29. The number of rotatable bonds is 6. The van der Waals surface area contributed by atoms with Gasteiger partial charge in [0.05, 0.1) is 4.90 Å². The van der Waals surface area contributed by atoms with E-state index in [1.165, 1.54) is 5.56 Å². The third-order valence-corrected chi connectivity index (χ3v) is 6.20. The number of guanidine groups is 1. The molecule has 1 heterocycles. The van der Waals surface area contributed by atoms with Crippen molar-refractivity contribution < 1.29 is 8.42 Å². The lowest BCUT2D eigenvalue weighted by molar-refractivity contribution is 0.486. The highest BCUT2D eigenvalue weighted by Crippen LogP contribution is 2.26. The van der Waals surface area contributed by atoms with E-state index in [4.69, 9.17) is 0 Å². The van der Waals surface area contributed by atoms with Gasteiger partial charge in [-0.15, -0.1) is 24.0 Å². The minimum atomic E-state index is -3.47. The Morgan fingerprint density at radius 3 is 2.36 bits per heavy atom. The molecule has 152 valence electrons. The molecule has 0 aromatic heterocycles. The number of nitrogens with zero attached hydrogens (tertiary/aromatic N) is 2. The average molecular weight is 514 g/mol. The Kier molecular flexibility index (Phi) is 8.71. The first-order chi connectivity index (χ1) is 13.1. The number of likely N-dealkylation sites (tertiary alicyclic amines) is 1. The molecule has 3 rings (SSSR count). The fourth-order valence-corrected chi connectivity index (χ4v) is 4.38. The molecular weight excluding hydrogens is 487 g/mol. The van der Waals surface area contributed by atoms with E-state index in [1.807, 2.05) is 6.07 Å². The molecule has 1 aliphatic heterocycles. The third kappa shape index (κ3) is 5.92. The molecule has 1 aliphatic rings. The van der Waals surface area contributed by atoms with Gasteiger partial charge in [0.2, 0.25) is 10.0 Å². The van der Waals surface area contributed by atoms with Gasteiger partial charge in [0.25, 0.3) is 0 Å². The van der Waals surface area contributed by atoms with Gasteiger partial charge in [0, 0.05) is 39.1 Å². The first kappa shape index (κ1) is 22.6. The van der Waals surface area contributed by atoms with Crippen LogP contribution in [0.1, 0.15) is 17.9 Å². The van der Waals surface area contributed by atoms with Gasteiger partial charge in [-0.2, -0.15) is 0 Å². The Bertz CT molecular complexity index is 860. The smallest absolute Gasteiger partial charge is 0.240 e. The highest BCUT2D eigenvalue weighted by molar-refractivity contribution is 14.0. The first-order valence-electron chi connectivity index (χ1n) is 9.15.